The van der Waals surface area contributed by atoms with Gasteiger partial charge in [0.05, 0.1) is 42.5 Å². The van der Waals surface area contributed by atoms with Crippen LogP contribution in [0, 0.1) is 5.92 Å². The fourth-order valence-corrected chi connectivity index (χ4v) is 9.69. The van der Waals surface area contributed by atoms with Gasteiger partial charge in [-0.25, -0.2) is 4.79 Å². The van der Waals surface area contributed by atoms with Gasteiger partial charge in [0.2, 0.25) is 29.4 Å². The molecule has 3 aliphatic heterocycles. The summed E-state index contributed by atoms with van der Waals surface area (Å²) < 4.78 is 15.6. The number of hydrogen-bond acceptors (Lipinski definition) is 17. The number of aromatic hydroxyl groups is 2. The molecule has 0 saturated carbocycles. The van der Waals surface area contributed by atoms with Gasteiger partial charge < -0.3 is 65.9 Å². The average molecular weight is 981 g/mol. The van der Waals surface area contributed by atoms with Gasteiger partial charge in [0.15, 0.2) is 17.9 Å². The van der Waals surface area contributed by atoms with Gasteiger partial charge in [-0.2, -0.15) is 0 Å². The van der Waals surface area contributed by atoms with Crippen molar-refractivity contribution >= 4 is 47.1 Å². The van der Waals surface area contributed by atoms with E-state index >= 15 is 0 Å². The van der Waals surface area contributed by atoms with E-state index in [1.165, 1.54) is 29.9 Å². The number of hydrogen-bond donors (Lipinski definition) is 9. The van der Waals surface area contributed by atoms with E-state index in [2.05, 4.69) is 21.3 Å². The highest BCUT2D eigenvalue weighted by molar-refractivity contribution is 6.31. The number of nitrogens with zero attached hydrogens (tertiary/aromatic N) is 2. The minimum atomic E-state index is -1.11. The molecule has 0 spiro atoms. The Kier molecular flexibility index (Phi) is 17.9. The van der Waals surface area contributed by atoms with Crippen molar-refractivity contribution in [2.75, 3.05) is 53.0 Å². The maximum atomic E-state index is 13.1. The van der Waals surface area contributed by atoms with Crippen molar-refractivity contribution in [1.29, 1.82) is 0 Å². The third-order valence-corrected chi connectivity index (χ3v) is 13.4. The highest BCUT2D eigenvalue weighted by atomic mass is 16.6. The maximum absolute atomic E-state index is 13.1. The molecule has 8 unspecified atom stereocenters. The Morgan fingerprint density at radius 3 is 2.24 bits per heavy atom. The van der Waals surface area contributed by atoms with E-state index in [1.54, 1.807) is 19.1 Å². The molecule has 5 aliphatic rings. The number of carbonyl (C=O) groups excluding carboxylic acids is 8. The number of Topliss-reactive ketones (excluding diaryl/α,β-unsaturated/α-hetero) is 1. The third kappa shape index (κ3) is 11.5. The van der Waals surface area contributed by atoms with Crippen molar-refractivity contribution in [2.24, 2.45) is 5.92 Å². The van der Waals surface area contributed by atoms with Crippen LogP contribution in [0.2, 0.25) is 0 Å². The number of aliphatic hydroxyl groups excluding tert-OH is 3. The number of carbonyl (C=O) groups is 8. The maximum Gasteiger partial charge on any atom is 0.410 e. The molecule has 22 heteroatoms. The van der Waals surface area contributed by atoms with E-state index < -0.39 is 96.5 Å². The third-order valence-electron chi connectivity index (χ3n) is 13.4. The summed E-state index contributed by atoms with van der Waals surface area (Å²) >= 11 is 0. The van der Waals surface area contributed by atoms with Gasteiger partial charge in [-0.1, -0.05) is 19.1 Å². The topological polar surface area (TPSA) is 320 Å². The van der Waals surface area contributed by atoms with Gasteiger partial charge in [-0.3, -0.25) is 38.5 Å². The normalized spacial score (nSPS) is 24.0. The fourth-order valence-electron chi connectivity index (χ4n) is 9.69. The van der Waals surface area contributed by atoms with Gasteiger partial charge in [-0.05, 0) is 77.8 Å². The van der Waals surface area contributed by atoms with E-state index in [1.807, 2.05) is 6.92 Å². The zero-order valence-corrected chi connectivity index (χ0v) is 39.8. The lowest BCUT2D eigenvalue weighted by atomic mass is 9.75. The predicted molar refractivity (Wildman–Crippen MR) is 246 cm³/mol. The smallest absolute Gasteiger partial charge is 0.410 e. The molecule has 7 rings (SSSR count). The lowest BCUT2D eigenvalue weighted by Gasteiger charge is -2.37. The Hall–Kier alpha value is -6.20. The van der Waals surface area contributed by atoms with Gasteiger partial charge in [-0.15, -0.1) is 0 Å². The Labute approximate surface area is 404 Å². The summed E-state index contributed by atoms with van der Waals surface area (Å²) in [5.41, 5.74) is 0.301. The van der Waals surface area contributed by atoms with Crippen molar-refractivity contribution in [3.63, 3.8) is 0 Å². The molecule has 0 aromatic heterocycles. The van der Waals surface area contributed by atoms with Gasteiger partial charge in [0, 0.05) is 48.7 Å². The number of benzene rings is 2. The highest BCUT2D eigenvalue weighted by Crippen LogP contribution is 2.47. The second-order valence-corrected chi connectivity index (χ2v) is 18.1. The molecule has 3 fully saturated rings. The average Bonchev–Trinajstić information content (AvgIpc) is 4.06. The molecule has 2 aliphatic carbocycles. The Balaban J connectivity index is 0.000000247. The van der Waals surface area contributed by atoms with Gasteiger partial charge in [0.1, 0.15) is 54.7 Å². The number of aliphatic hydroxyl groups is 3. The zero-order chi connectivity index (χ0) is 51.0. The van der Waals surface area contributed by atoms with Crippen LogP contribution in [0.5, 0.6) is 17.2 Å². The summed E-state index contributed by atoms with van der Waals surface area (Å²) in [4.78, 5) is 105. The van der Waals surface area contributed by atoms with E-state index in [0.29, 0.717) is 57.3 Å². The van der Waals surface area contributed by atoms with Crippen LogP contribution in [0.3, 0.4) is 0 Å². The molecule has 2 aromatic rings. The first-order valence-electron chi connectivity index (χ1n) is 23.8. The molecule has 3 heterocycles. The molecule has 382 valence electrons. The van der Waals surface area contributed by atoms with Crippen LogP contribution in [0.15, 0.2) is 18.2 Å². The van der Waals surface area contributed by atoms with Crippen LogP contribution in [-0.4, -0.2) is 178 Å². The fraction of sp³-hybridized carbons (Fsp3) is 0.583. The van der Waals surface area contributed by atoms with E-state index in [-0.39, 0.29) is 83.3 Å². The van der Waals surface area contributed by atoms with Crippen molar-refractivity contribution in [3.05, 3.63) is 51.6 Å². The minimum Gasteiger partial charge on any atom is -0.507 e. The lowest BCUT2D eigenvalue weighted by molar-refractivity contribution is -0.203. The predicted octanol–water partition coefficient (Wildman–Crippen LogP) is -0.280. The molecule has 2 aromatic carbocycles. The number of fused-ring (bicyclic) bond motifs is 3. The number of nitrogens with one attached hydrogen (secondary N) is 4. The first kappa shape index (κ1) is 53.2. The second-order valence-electron chi connectivity index (χ2n) is 18.1. The molecular weight excluding hydrogens is 917 g/mol. The van der Waals surface area contributed by atoms with Crippen LogP contribution in [0.1, 0.15) is 109 Å². The summed E-state index contributed by atoms with van der Waals surface area (Å²) in [6.07, 6.45) is 0.436. The van der Waals surface area contributed by atoms with Crippen LogP contribution in [0.25, 0.3) is 0 Å². The molecule has 9 N–H and O–H groups in total. The van der Waals surface area contributed by atoms with Gasteiger partial charge in [0.25, 0.3) is 0 Å². The number of phenols is 2. The molecule has 22 nitrogen and oxygen atoms in total. The molecule has 3 saturated heterocycles. The van der Waals surface area contributed by atoms with Crippen LogP contribution < -0.4 is 26.0 Å². The van der Waals surface area contributed by atoms with Gasteiger partial charge >= 0.3 is 6.09 Å². The number of likely N-dealkylation sites (tertiary alicyclic amines) is 2. The molecule has 8 atom stereocenters. The monoisotopic (exact) mass is 980 g/mol. The second kappa shape index (κ2) is 23.6. The highest BCUT2D eigenvalue weighted by Gasteiger charge is 2.43. The summed E-state index contributed by atoms with van der Waals surface area (Å²) in [5, 5.41) is 61.9. The van der Waals surface area contributed by atoms with Crippen molar-refractivity contribution < 1.29 is 78.1 Å². The molecular formula is C48H64N6O16. The first-order valence-corrected chi connectivity index (χ1v) is 23.8. The molecule has 0 bridgehead atoms. The Morgan fingerprint density at radius 1 is 0.886 bits per heavy atom. The molecule has 70 heavy (non-hydrogen) atoms. The Bertz CT molecular complexity index is 2340. The van der Waals surface area contributed by atoms with Crippen molar-refractivity contribution in [3.8, 4) is 17.2 Å². The number of ketones is 3. The summed E-state index contributed by atoms with van der Waals surface area (Å²) in [5.74, 6) is -4.53. The zero-order valence-electron chi connectivity index (χ0n) is 39.8. The summed E-state index contributed by atoms with van der Waals surface area (Å²) in [7, 11) is 1.38. The number of phenolic OH excluding ortho intramolecular Hbond substituents is 2. The minimum absolute atomic E-state index is 0.0217. The first-order chi connectivity index (χ1) is 33.4. The number of amides is 5. The number of rotatable bonds is 15. The SMILES string of the molecule is CCCNCCOC(=O)N1CCCC1C(=O)NC(C)C(=O)NCC(=O)N1CCCC1C(=O)NC1CC(O)OC(C)C1O.COc1cccc2c1C(=O)c1c(O)c3c(c(O)c1C2=O)CC(C(=O)CO)CC3. The van der Waals surface area contributed by atoms with Crippen molar-refractivity contribution in [1.82, 2.24) is 31.1 Å². The molecule has 0 radical (unpaired) electrons. The summed E-state index contributed by atoms with van der Waals surface area (Å²) in [6.45, 7) is 6.37. The van der Waals surface area contributed by atoms with E-state index in [9.17, 15) is 58.8 Å². The van der Waals surface area contributed by atoms with Crippen LogP contribution >= 0.6 is 0 Å². The quantitative estimate of drug-likeness (QED) is 0.0699. The largest absolute Gasteiger partial charge is 0.507 e. The van der Waals surface area contributed by atoms with Crippen LogP contribution in [0.4, 0.5) is 4.79 Å². The van der Waals surface area contributed by atoms with Crippen LogP contribution in [-0.2, 0) is 46.3 Å². The van der Waals surface area contributed by atoms with E-state index in [0.717, 1.165) is 13.0 Å². The standard InChI is InChI=1S/C27H46N6O9.C21H18O7/c1-4-9-28-10-13-41-27(40)33-12-6-8-20(33)25(38)30-16(2)24(37)29-15-21(34)32-11-5-7-19(32)26(39)31-18-14-22(35)42-17(3)23(18)36;1-28-14-4-2-3-11-15(14)21(27)17-16(19(11)25)20(26)12-7-9(13(23)8-22)5-6-10(12)18(17)24/h16-20,22-23,28,35-36H,4-15H2,1-3H3,(H,29,37)(H,30,38)(H,31,39);2-4,9,22,24,26H,5-8H2,1H3. The Morgan fingerprint density at radius 2 is 1.56 bits per heavy atom. The summed E-state index contributed by atoms with van der Waals surface area (Å²) in [6, 6.07) is 1.37. The van der Waals surface area contributed by atoms with Crippen molar-refractivity contribution in [2.45, 2.75) is 121 Å². The van der Waals surface area contributed by atoms with E-state index in [4.69, 9.17) is 19.3 Å². The number of ether oxygens (including phenoxy) is 3. The number of methoxy groups -OCH3 is 1. The molecule has 5 amide bonds. The lowest BCUT2D eigenvalue weighted by Crippen LogP contribution is -2.58.